The van der Waals surface area contributed by atoms with Crippen molar-refractivity contribution in [1.29, 1.82) is 0 Å². The second kappa shape index (κ2) is 11.2. The highest BCUT2D eigenvalue weighted by atomic mass is 16.5. The molecule has 182 valence electrons. The quantitative estimate of drug-likeness (QED) is 0.311. The Morgan fingerprint density at radius 2 is 1.82 bits per heavy atom. The van der Waals surface area contributed by atoms with Crippen molar-refractivity contribution in [1.82, 2.24) is 4.90 Å². The Balaban J connectivity index is 2.10. The molecule has 7 nitrogen and oxygen atoms in total. The van der Waals surface area contributed by atoms with E-state index in [1.165, 1.54) is 12.0 Å². The van der Waals surface area contributed by atoms with Gasteiger partial charge in [-0.1, -0.05) is 25.1 Å². The molecule has 0 aliphatic carbocycles. The zero-order chi connectivity index (χ0) is 24.8. The van der Waals surface area contributed by atoms with Crippen LogP contribution in [0.25, 0.3) is 5.76 Å². The Bertz CT molecular complexity index is 1070. The molecule has 1 unspecified atom stereocenters. The number of amides is 1. The first kappa shape index (κ1) is 25.3. The lowest BCUT2D eigenvalue weighted by atomic mass is 9.94. The molecule has 0 saturated carbocycles. The standard InChI is InChI=1S/C27H33NO6/c1-6-14-34-21-12-11-19(16-18(21)4)25(29)23-24(20-9-7-8-10-22(20)32-5)28(27(31)26(23)30)13-15-33-17(2)3/h7-12,16-17,24,29H,6,13-15H2,1-5H3/b25-23+. The number of aliphatic hydroxyl groups excluding tert-OH is 1. The molecular weight excluding hydrogens is 434 g/mol. The summed E-state index contributed by atoms with van der Waals surface area (Å²) < 4.78 is 16.9. The summed E-state index contributed by atoms with van der Waals surface area (Å²) in [6.45, 7) is 8.76. The molecule has 1 N–H and O–H groups in total. The van der Waals surface area contributed by atoms with E-state index < -0.39 is 17.7 Å². The van der Waals surface area contributed by atoms with Crippen LogP contribution >= 0.6 is 0 Å². The highest BCUT2D eigenvalue weighted by Gasteiger charge is 2.46. The second-order valence-electron chi connectivity index (χ2n) is 8.48. The number of hydrogen-bond acceptors (Lipinski definition) is 6. The zero-order valence-electron chi connectivity index (χ0n) is 20.5. The predicted octanol–water partition coefficient (Wildman–Crippen LogP) is 4.64. The number of rotatable bonds is 10. The van der Waals surface area contributed by atoms with Crippen LogP contribution in [0.2, 0.25) is 0 Å². The smallest absolute Gasteiger partial charge is 0.295 e. The highest BCUT2D eigenvalue weighted by molar-refractivity contribution is 6.46. The van der Waals surface area contributed by atoms with E-state index in [1.807, 2.05) is 39.8 Å². The minimum atomic E-state index is -0.803. The molecule has 1 atom stereocenters. The maximum atomic E-state index is 13.2. The molecule has 1 heterocycles. The molecule has 0 aromatic heterocycles. The number of methoxy groups -OCH3 is 1. The molecule has 2 aromatic rings. The number of para-hydroxylation sites is 1. The van der Waals surface area contributed by atoms with E-state index in [0.29, 0.717) is 29.2 Å². The van der Waals surface area contributed by atoms with E-state index >= 15 is 0 Å². The second-order valence-corrected chi connectivity index (χ2v) is 8.48. The van der Waals surface area contributed by atoms with Gasteiger partial charge in [0.05, 0.1) is 38.0 Å². The van der Waals surface area contributed by atoms with Crippen LogP contribution in [0.1, 0.15) is 49.9 Å². The van der Waals surface area contributed by atoms with Crippen molar-refractivity contribution in [2.24, 2.45) is 0 Å². The van der Waals surface area contributed by atoms with Crippen LogP contribution in [0.15, 0.2) is 48.0 Å². The van der Waals surface area contributed by atoms with Crippen LogP contribution in [-0.2, 0) is 14.3 Å². The summed E-state index contributed by atoms with van der Waals surface area (Å²) >= 11 is 0. The van der Waals surface area contributed by atoms with Gasteiger partial charge in [-0.15, -0.1) is 0 Å². The molecule has 1 amide bonds. The molecule has 1 saturated heterocycles. The third kappa shape index (κ3) is 5.25. The number of nitrogens with zero attached hydrogens (tertiary/aromatic N) is 1. The van der Waals surface area contributed by atoms with Crippen molar-refractivity contribution in [3.05, 3.63) is 64.7 Å². The number of carbonyl (C=O) groups excluding carboxylic acids is 2. The molecule has 0 spiro atoms. The Morgan fingerprint density at radius 1 is 1.09 bits per heavy atom. The highest BCUT2D eigenvalue weighted by Crippen LogP contribution is 2.42. The van der Waals surface area contributed by atoms with Crippen LogP contribution in [0, 0.1) is 6.92 Å². The Labute approximate surface area is 200 Å². The third-order valence-corrected chi connectivity index (χ3v) is 5.67. The number of aliphatic hydroxyl groups is 1. The maximum absolute atomic E-state index is 13.2. The largest absolute Gasteiger partial charge is 0.507 e. The normalized spacial score (nSPS) is 17.5. The number of ketones is 1. The fourth-order valence-corrected chi connectivity index (χ4v) is 4.04. The molecule has 7 heteroatoms. The van der Waals surface area contributed by atoms with Crippen molar-refractivity contribution in [2.45, 2.75) is 46.3 Å². The zero-order valence-corrected chi connectivity index (χ0v) is 20.5. The summed E-state index contributed by atoms with van der Waals surface area (Å²) in [7, 11) is 1.53. The topological polar surface area (TPSA) is 85.3 Å². The van der Waals surface area contributed by atoms with Crippen LogP contribution in [0.5, 0.6) is 11.5 Å². The monoisotopic (exact) mass is 467 g/mol. The third-order valence-electron chi connectivity index (χ3n) is 5.67. The van der Waals surface area contributed by atoms with Crippen molar-refractivity contribution < 1.29 is 28.9 Å². The van der Waals surface area contributed by atoms with Crippen molar-refractivity contribution in [3.63, 3.8) is 0 Å². The fraction of sp³-hybridized carbons (Fsp3) is 0.407. The minimum absolute atomic E-state index is 0.0158. The Morgan fingerprint density at radius 3 is 2.47 bits per heavy atom. The number of benzene rings is 2. The average Bonchev–Trinajstić information content (AvgIpc) is 3.07. The number of carbonyl (C=O) groups is 2. The minimum Gasteiger partial charge on any atom is -0.507 e. The van der Waals surface area contributed by atoms with E-state index in [2.05, 4.69) is 0 Å². The SMILES string of the molecule is CCCOc1ccc(/C(O)=C2\C(=O)C(=O)N(CCOC(C)C)C2c2ccccc2OC)cc1C. The number of likely N-dealkylation sites (tertiary alicyclic amines) is 1. The van der Waals surface area contributed by atoms with E-state index in [0.717, 1.165) is 12.0 Å². The first-order chi connectivity index (χ1) is 16.3. The van der Waals surface area contributed by atoms with Crippen LogP contribution in [0.4, 0.5) is 0 Å². The summed E-state index contributed by atoms with van der Waals surface area (Å²) in [6, 6.07) is 11.6. The van der Waals surface area contributed by atoms with Gasteiger partial charge in [0.1, 0.15) is 17.3 Å². The van der Waals surface area contributed by atoms with Gasteiger partial charge in [0.25, 0.3) is 11.7 Å². The van der Waals surface area contributed by atoms with Crippen molar-refractivity contribution >= 4 is 17.4 Å². The van der Waals surface area contributed by atoms with Gasteiger partial charge in [0, 0.05) is 17.7 Å². The predicted molar refractivity (Wildman–Crippen MR) is 130 cm³/mol. The molecule has 1 aliphatic heterocycles. The summed E-state index contributed by atoms with van der Waals surface area (Å²) in [5, 5.41) is 11.3. The number of hydrogen-bond donors (Lipinski definition) is 1. The summed E-state index contributed by atoms with van der Waals surface area (Å²) in [6.07, 6.45) is 0.863. The van der Waals surface area contributed by atoms with E-state index in [1.54, 1.807) is 30.3 Å². The van der Waals surface area contributed by atoms with Gasteiger partial charge < -0.3 is 24.2 Å². The van der Waals surface area contributed by atoms with Gasteiger partial charge in [0.2, 0.25) is 0 Å². The lowest BCUT2D eigenvalue weighted by Crippen LogP contribution is -2.33. The number of ether oxygens (including phenoxy) is 3. The van der Waals surface area contributed by atoms with E-state index in [-0.39, 0.29) is 30.6 Å². The molecule has 1 fully saturated rings. The lowest BCUT2D eigenvalue weighted by Gasteiger charge is -2.26. The molecule has 3 rings (SSSR count). The van der Waals surface area contributed by atoms with Crippen LogP contribution < -0.4 is 9.47 Å². The number of aryl methyl sites for hydroxylation is 1. The fourth-order valence-electron chi connectivity index (χ4n) is 4.04. The first-order valence-electron chi connectivity index (χ1n) is 11.6. The van der Waals surface area contributed by atoms with E-state index in [9.17, 15) is 14.7 Å². The van der Waals surface area contributed by atoms with Gasteiger partial charge in [0.15, 0.2) is 0 Å². The van der Waals surface area contributed by atoms with Crippen molar-refractivity contribution in [3.8, 4) is 11.5 Å². The average molecular weight is 468 g/mol. The van der Waals surface area contributed by atoms with Gasteiger partial charge in [-0.05, 0) is 57.0 Å². The van der Waals surface area contributed by atoms with Gasteiger partial charge in [-0.25, -0.2) is 0 Å². The maximum Gasteiger partial charge on any atom is 0.295 e. The summed E-state index contributed by atoms with van der Waals surface area (Å²) in [5.74, 6) is -0.404. The molecule has 0 radical (unpaired) electrons. The lowest BCUT2D eigenvalue weighted by molar-refractivity contribution is -0.140. The molecule has 0 bridgehead atoms. The molecule has 1 aliphatic rings. The van der Waals surface area contributed by atoms with Crippen LogP contribution in [0.3, 0.4) is 0 Å². The molecule has 34 heavy (non-hydrogen) atoms. The molecule has 2 aromatic carbocycles. The number of Topliss-reactive ketones (excluding diaryl/α,β-unsaturated/α-hetero) is 1. The summed E-state index contributed by atoms with van der Waals surface area (Å²) in [5.41, 5.74) is 1.92. The van der Waals surface area contributed by atoms with Gasteiger partial charge in [-0.2, -0.15) is 0 Å². The van der Waals surface area contributed by atoms with Gasteiger partial charge in [-0.3, -0.25) is 9.59 Å². The van der Waals surface area contributed by atoms with Crippen molar-refractivity contribution in [2.75, 3.05) is 26.9 Å². The Kier molecular flexibility index (Phi) is 8.34. The summed E-state index contributed by atoms with van der Waals surface area (Å²) in [4.78, 5) is 27.7. The molecular formula is C27H33NO6. The Hall–Kier alpha value is -3.32. The van der Waals surface area contributed by atoms with Crippen LogP contribution in [-0.4, -0.2) is 54.7 Å². The van der Waals surface area contributed by atoms with E-state index in [4.69, 9.17) is 14.2 Å². The first-order valence-corrected chi connectivity index (χ1v) is 11.6. The van der Waals surface area contributed by atoms with Gasteiger partial charge >= 0.3 is 0 Å².